The van der Waals surface area contributed by atoms with Crippen molar-refractivity contribution in [3.63, 3.8) is 0 Å². The van der Waals surface area contributed by atoms with E-state index < -0.39 is 11.6 Å². The van der Waals surface area contributed by atoms with Crippen LogP contribution in [0.5, 0.6) is 5.75 Å². The Morgan fingerprint density at radius 2 is 1.91 bits per heavy atom. The van der Waals surface area contributed by atoms with Gasteiger partial charge in [-0.25, -0.2) is 8.78 Å². The van der Waals surface area contributed by atoms with Crippen LogP contribution in [0, 0.1) is 17.6 Å². The summed E-state index contributed by atoms with van der Waals surface area (Å²) in [6.45, 7) is 3.83. The van der Waals surface area contributed by atoms with Crippen molar-refractivity contribution in [3.8, 4) is 5.75 Å². The smallest absolute Gasteiger partial charge is 0.254 e. The molecule has 0 aliphatic carbocycles. The Bertz CT molecular complexity index is 955. The maximum atomic E-state index is 13.7. The summed E-state index contributed by atoms with van der Waals surface area (Å²) in [5.74, 6) is -0.655. The monoisotopic (exact) mass is 458 g/mol. The van der Waals surface area contributed by atoms with Crippen LogP contribution >= 0.6 is 0 Å². The molecule has 2 heterocycles. The van der Waals surface area contributed by atoms with Gasteiger partial charge >= 0.3 is 0 Å². The van der Waals surface area contributed by atoms with Gasteiger partial charge < -0.3 is 14.4 Å². The van der Waals surface area contributed by atoms with E-state index in [9.17, 15) is 13.6 Å². The molecule has 2 aliphatic rings. The van der Waals surface area contributed by atoms with Crippen LogP contribution in [0.2, 0.25) is 0 Å². The third-order valence-electron chi connectivity index (χ3n) is 6.70. The van der Waals surface area contributed by atoms with E-state index in [1.54, 1.807) is 19.2 Å². The molecule has 2 aromatic carbocycles. The molecule has 0 radical (unpaired) electrons. The molecule has 2 atom stereocenters. The summed E-state index contributed by atoms with van der Waals surface area (Å²) in [7, 11) is 1.75. The zero-order valence-corrected chi connectivity index (χ0v) is 19.1. The fourth-order valence-electron chi connectivity index (χ4n) is 4.88. The topological polar surface area (TPSA) is 42.0 Å². The van der Waals surface area contributed by atoms with Crippen molar-refractivity contribution in [2.24, 2.45) is 5.92 Å². The molecule has 0 unspecified atom stereocenters. The van der Waals surface area contributed by atoms with E-state index in [0.29, 0.717) is 50.0 Å². The second-order valence-corrected chi connectivity index (χ2v) is 8.97. The van der Waals surface area contributed by atoms with E-state index in [1.807, 2.05) is 23.1 Å². The van der Waals surface area contributed by atoms with E-state index in [1.165, 1.54) is 12.1 Å². The van der Waals surface area contributed by atoms with Crippen molar-refractivity contribution in [1.82, 2.24) is 9.80 Å². The van der Waals surface area contributed by atoms with Gasteiger partial charge in [0.2, 0.25) is 0 Å². The Hall–Kier alpha value is -2.51. The summed E-state index contributed by atoms with van der Waals surface area (Å²) in [6.07, 6.45) is 3.97. The van der Waals surface area contributed by atoms with E-state index in [-0.39, 0.29) is 12.0 Å². The van der Waals surface area contributed by atoms with Crippen LogP contribution in [0.15, 0.2) is 42.5 Å². The lowest BCUT2D eigenvalue weighted by Crippen LogP contribution is -2.46. The van der Waals surface area contributed by atoms with E-state index in [4.69, 9.17) is 9.47 Å². The molecule has 7 heteroatoms. The number of fused-ring (bicyclic) bond motifs is 4. The van der Waals surface area contributed by atoms with Gasteiger partial charge in [-0.3, -0.25) is 9.69 Å². The summed E-state index contributed by atoms with van der Waals surface area (Å²) in [5, 5.41) is 0. The molecule has 1 fully saturated rings. The highest BCUT2D eigenvalue weighted by atomic mass is 19.2. The molecule has 0 N–H and O–H groups in total. The second-order valence-electron chi connectivity index (χ2n) is 8.97. The van der Waals surface area contributed by atoms with Gasteiger partial charge in [0.1, 0.15) is 12.4 Å². The van der Waals surface area contributed by atoms with E-state index >= 15 is 0 Å². The van der Waals surface area contributed by atoms with Gasteiger partial charge in [0.25, 0.3) is 5.91 Å². The number of hydrogen-bond donors (Lipinski definition) is 0. The molecule has 0 aromatic heterocycles. The molecule has 4 rings (SSSR count). The van der Waals surface area contributed by atoms with E-state index in [2.05, 4.69) is 4.90 Å². The molecular weight excluding hydrogens is 426 g/mol. The number of amides is 1. The fourth-order valence-corrected chi connectivity index (χ4v) is 4.88. The first kappa shape index (κ1) is 23.6. The Morgan fingerprint density at radius 3 is 2.73 bits per heavy atom. The number of carbonyl (C=O) groups excluding carboxylic acids is 1. The minimum Gasteiger partial charge on any atom is -0.492 e. The van der Waals surface area contributed by atoms with Gasteiger partial charge in [-0.2, -0.15) is 0 Å². The predicted molar refractivity (Wildman–Crippen MR) is 122 cm³/mol. The highest BCUT2D eigenvalue weighted by Crippen LogP contribution is 2.27. The van der Waals surface area contributed by atoms with Crippen molar-refractivity contribution >= 4 is 5.91 Å². The quantitative estimate of drug-likeness (QED) is 0.679. The lowest BCUT2D eigenvalue weighted by atomic mass is 9.89. The minimum absolute atomic E-state index is 0.0369. The van der Waals surface area contributed by atoms with Gasteiger partial charge in [-0.15, -0.1) is 0 Å². The number of piperidine rings is 1. The van der Waals surface area contributed by atoms with Gasteiger partial charge in [0, 0.05) is 44.8 Å². The van der Waals surface area contributed by atoms with Crippen molar-refractivity contribution in [3.05, 3.63) is 65.2 Å². The standard InChI is InChI=1S/C26H32F2N2O3/c1-32-25-10-12-30-18-21(25)5-2-3-11-29(17-19-8-9-23(27)24(28)15-19)13-14-33-22-7-4-6-20(16-22)26(30)31/h4,6-9,15-16,21,25H,2-3,5,10-14,17-18H2,1H3/t21-,25+/m1/s1. The van der Waals surface area contributed by atoms with Crippen molar-refractivity contribution in [2.75, 3.05) is 39.9 Å². The van der Waals surface area contributed by atoms with Crippen LogP contribution in [0.3, 0.4) is 0 Å². The van der Waals surface area contributed by atoms with Crippen molar-refractivity contribution in [2.45, 2.75) is 38.3 Å². The SMILES string of the molecule is CO[C@H]1CCN2C[C@H]1CCCCN(Cc1ccc(F)c(F)c1)CCOc1cccc(c1)C2=O. The molecule has 2 aliphatic heterocycles. The number of hydrogen-bond acceptors (Lipinski definition) is 4. The summed E-state index contributed by atoms with van der Waals surface area (Å²) in [6, 6.07) is 11.4. The third-order valence-corrected chi connectivity index (χ3v) is 6.70. The van der Waals surface area contributed by atoms with Crippen LogP contribution in [-0.4, -0.2) is 61.7 Å². The Labute approximate surface area is 194 Å². The Morgan fingerprint density at radius 1 is 1.03 bits per heavy atom. The number of carbonyl (C=O) groups is 1. The largest absolute Gasteiger partial charge is 0.492 e. The van der Waals surface area contributed by atoms with Gasteiger partial charge in [-0.05, 0) is 61.7 Å². The number of rotatable bonds is 3. The Balaban J connectivity index is 1.50. The van der Waals surface area contributed by atoms with Crippen LogP contribution in [-0.2, 0) is 11.3 Å². The van der Waals surface area contributed by atoms with Gasteiger partial charge in [-0.1, -0.05) is 18.6 Å². The number of nitrogens with zero attached hydrogens (tertiary/aromatic N) is 2. The summed E-state index contributed by atoms with van der Waals surface area (Å²) >= 11 is 0. The predicted octanol–water partition coefficient (Wildman–Crippen LogP) is 4.51. The maximum absolute atomic E-state index is 13.7. The number of ether oxygens (including phenoxy) is 2. The molecule has 0 saturated carbocycles. The minimum atomic E-state index is -0.831. The number of benzene rings is 2. The molecule has 178 valence electrons. The number of methoxy groups -OCH3 is 1. The van der Waals surface area contributed by atoms with Crippen molar-refractivity contribution in [1.29, 1.82) is 0 Å². The summed E-state index contributed by atoms with van der Waals surface area (Å²) in [5.41, 5.74) is 1.37. The molecule has 2 aromatic rings. The number of halogens is 2. The van der Waals surface area contributed by atoms with Crippen LogP contribution in [0.25, 0.3) is 0 Å². The lowest BCUT2D eigenvalue weighted by Gasteiger charge is -2.38. The third kappa shape index (κ3) is 6.09. The molecular formula is C26H32F2N2O3. The van der Waals surface area contributed by atoms with Crippen LogP contribution < -0.4 is 4.74 Å². The molecule has 1 saturated heterocycles. The summed E-state index contributed by atoms with van der Waals surface area (Å²) in [4.78, 5) is 17.3. The van der Waals surface area contributed by atoms with Crippen LogP contribution in [0.4, 0.5) is 8.78 Å². The first-order valence-corrected chi connectivity index (χ1v) is 11.7. The second kappa shape index (κ2) is 11.1. The molecule has 1 amide bonds. The highest BCUT2D eigenvalue weighted by molar-refractivity contribution is 5.94. The molecule has 0 spiro atoms. The zero-order chi connectivity index (χ0) is 23.2. The lowest BCUT2D eigenvalue weighted by molar-refractivity contribution is -0.00676. The molecule has 4 bridgehead atoms. The first-order chi connectivity index (χ1) is 16.0. The normalized spacial score (nSPS) is 22.9. The van der Waals surface area contributed by atoms with E-state index in [0.717, 1.165) is 37.8 Å². The zero-order valence-electron chi connectivity index (χ0n) is 19.1. The molecule has 33 heavy (non-hydrogen) atoms. The molecule has 5 nitrogen and oxygen atoms in total. The summed E-state index contributed by atoms with van der Waals surface area (Å²) < 4.78 is 38.7. The fraction of sp³-hybridized carbons (Fsp3) is 0.500. The Kier molecular flexibility index (Phi) is 7.93. The van der Waals surface area contributed by atoms with Crippen molar-refractivity contribution < 1.29 is 23.0 Å². The first-order valence-electron chi connectivity index (χ1n) is 11.7. The van der Waals surface area contributed by atoms with Gasteiger partial charge in [0.05, 0.1) is 6.10 Å². The average molecular weight is 459 g/mol. The van der Waals surface area contributed by atoms with Gasteiger partial charge in [0.15, 0.2) is 11.6 Å². The maximum Gasteiger partial charge on any atom is 0.254 e. The van der Waals surface area contributed by atoms with Crippen LogP contribution in [0.1, 0.15) is 41.6 Å². The highest BCUT2D eigenvalue weighted by Gasteiger charge is 2.31. The average Bonchev–Trinajstić information content (AvgIpc) is 2.83.